The smallest absolute Gasteiger partial charge is 0.344 e. The van der Waals surface area contributed by atoms with Crippen molar-refractivity contribution in [3.8, 4) is 16.9 Å². The van der Waals surface area contributed by atoms with Gasteiger partial charge < -0.3 is 9.47 Å². The van der Waals surface area contributed by atoms with Crippen molar-refractivity contribution in [2.24, 2.45) is 0 Å². The summed E-state index contributed by atoms with van der Waals surface area (Å²) < 4.78 is 36.0. The van der Waals surface area contributed by atoms with Crippen LogP contribution in [-0.4, -0.2) is 32.3 Å². The van der Waals surface area contributed by atoms with E-state index < -0.39 is 21.4 Å². The maximum atomic E-state index is 12.5. The highest BCUT2D eigenvalue weighted by atomic mass is 35.5. The number of sulfone groups is 1. The Bertz CT molecular complexity index is 991. The van der Waals surface area contributed by atoms with E-state index in [1.807, 2.05) is 13.8 Å². The van der Waals surface area contributed by atoms with Crippen LogP contribution in [0.2, 0.25) is 5.02 Å². The molecule has 0 unspecified atom stereocenters. The fourth-order valence-corrected chi connectivity index (χ4v) is 4.34. The molecule has 0 spiro atoms. The van der Waals surface area contributed by atoms with Crippen LogP contribution in [0.1, 0.15) is 39.7 Å². The third kappa shape index (κ3) is 6.47. The van der Waals surface area contributed by atoms with Crippen molar-refractivity contribution in [2.75, 3.05) is 12.4 Å². The Morgan fingerprint density at radius 3 is 2.38 bits per heavy atom. The van der Waals surface area contributed by atoms with Crippen LogP contribution >= 0.6 is 11.6 Å². The van der Waals surface area contributed by atoms with E-state index in [4.69, 9.17) is 21.1 Å². The van der Waals surface area contributed by atoms with Gasteiger partial charge in [0, 0.05) is 10.6 Å². The van der Waals surface area contributed by atoms with Crippen LogP contribution in [-0.2, 0) is 19.4 Å². The molecule has 0 bridgehead atoms. The number of rotatable bonds is 7. The first kappa shape index (κ1) is 23.2. The topological polar surface area (TPSA) is 69.7 Å². The molecule has 0 saturated heterocycles. The monoisotopic (exact) mass is 438 g/mol. The van der Waals surface area contributed by atoms with Crippen molar-refractivity contribution in [3.63, 3.8) is 0 Å². The lowest BCUT2D eigenvalue weighted by atomic mass is 10.00. The molecular formula is C22H27ClO5S. The molecule has 2 aromatic carbocycles. The lowest BCUT2D eigenvalue weighted by Gasteiger charge is -2.20. The Hall–Kier alpha value is -2.05. The largest absolute Gasteiger partial charge is 0.481 e. The van der Waals surface area contributed by atoms with Gasteiger partial charge in [-0.2, -0.15) is 0 Å². The third-order valence-electron chi connectivity index (χ3n) is 4.04. The Balaban J connectivity index is 2.42. The molecule has 29 heavy (non-hydrogen) atoms. The molecule has 0 aliphatic carbocycles. The lowest BCUT2D eigenvalue weighted by molar-refractivity contribution is -0.157. The average molecular weight is 439 g/mol. The van der Waals surface area contributed by atoms with Gasteiger partial charge in [0.15, 0.2) is 16.4 Å². The molecule has 5 nitrogen and oxygen atoms in total. The molecule has 0 aliphatic heterocycles. The number of benzene rings is 2. The molecule has 0 aromatic heterocycles. The second-order valence-corrected chi connectivity index (χ2v) is 10.4. The Morgan fingerprint density at radius 1 is 1.07 bits per heavy atom. The predicted molar refractivity (Wildman–Crippen MR) is 115 cm³/mol. The number of esters is 1. The van der Waals surface area contributed by atoms with E-state index in [0.717, 1.165) is 5.56 Å². The average Bonchev–Trinajstić information content (AvgIpc) is 2.59. The quantitative estimate of drug-likeness (QED) is 0.554. The van der Waals surface area contributed by atoms with Crippen LogP contribution in [0, 0.1) is 6.92 Å². The summed E-state index contributed by atoms with van der Waals surface area (Å²) in [4.78, 5) is 12.3. The van der Waals surface area contributed by atoms with Gasteiger partial charge in [0.25, 0.3) is 0 Å². The molecule has 0 atom stereocenters. The summed E-state index contributed by atoms with van der Waals surface area (Å²) in [6.45, 7) is 8.79. The lowest BCUT2D eigenvalue weighted by Crippen LogP contribution is -2.27. The normalized spacial score (nSPS) is 11.9. The van der Waals surface area contributed by atoms with Gasteiger partial charge in [-0.1, -0.05) is 24.6 Å². The first-order valence-electron chi connectivity index (χ1n) is 9.41. The summed E-state index contributed by atoms with van der Waals surface area (Å²) in [7, 11) is -3.37. The van der Waals surface area contributed by atoms with Gasteiger partial charge in [-0.25, -0.2) is 13.2 Å². The third-order valence-corrected chi connectivity index (χ3v) is 6.19. The van der Waals surface area contributed by atoms with E-state index in [-0.39, 0.29) is 17.3 Å². The number of hydrogen-bond acceptors (Lipinski definition) is 5. The highest BCUT2D eigenvalue weighted by Gasteiger charge is 2.19. The minimum absolute atomic E-state index is 0.0764. The van der Waals surface area contributed by atoms with Crippen LogP contribution in [0.15, 0.2) is 41.3 Å². The molecule has 0 saturated carbocycles. The van der Waals surface area contributed by atoms with Crippen LogP contribution in [0.5, 0.6) is 5.75 Å². The van der Waals surface area contributed by atoms with Crippen molar-refractivity contribution < 1.29 is 22.7 Å². The minimum atomic E-state index is -3.37. The first-order valence-corrected chi connectivity index (χ1v) is 11.4. The van der Waals surface area contributed by atoms with Gasteiger partial charge in [-0.3, -0.25) is 0 Å². The van der Waals surface area contributed by atoms with Crippen molar-refractivity contribution in [1.82, 2.24) is 0 Å². The van der Waals surface area contributed by atoms with Crippen LogP contribution in [0.25, 0.3) is 11.1 Å². The van der Waals surface area contributed by atoms with Crippen molar-refractivity contribution in [3.05, 3.63) is 47.0 Å². The molecular weight excluding hydrogens is 412 g/mol. The van der Waals surface area contributed by atoms with E-state index in [1.165, 1.54) is 0 Å². The fourth-order valence-electron chi connectivity index (χ4n) is 2.82. The van der Waals surface area contributed by atoms with E-state index >= 15 is 0 Å². The van der Waals surface area contributed by atoms with Gasteiger partial charge >= 0.3 is 5.97 Å². The zero-order valence-electron chi connectivity index (χ0n) is 17.4. The zero-order chi connectivity index (χ0) is 21.8. The summed E-state index contributed by atoms with van der Waals surface area (Å²) >= 11 is 6.18. The maximum absolute atomic E-state index is 12.5. The zero-order valence-corrected chi connectivity index (χ0v) is 19.0. The van der Waals surface area contributed by atoms with E-state index in [0.29, 0.717) is 28.3 Å². The number of hydrogen-bond donors (Lipinski definition) is 0. The number of aryl methyl sites for hydroxylation is 1. The summed E-state index contributed by atoms with van der Waals surface area (Å²) in [5.74, 6) is 0.00958. The highest BCUT2D eigenvalue weighted by Crippen LogP contribution is 2.36. The standard InChI is InChI=1S/C22H27ClO5S/c1-6-11-29(25,26)17-9-7-15(2)18(13-17)19-12-16(23)8-10-20(19)27-14-21(24)28-22(3,4)5/h7-10,12-13H,6,11,14H2,1-5H3. The van der Waals surface area contributed by atoms with E-state index in [9.17, 15) is 13.2 Å². The minimum Gasteiger partial charge on any atom is -0.481 e. The van der Waals surface area contributed by atoms with Gasteiger partial charge in [0.2, 0.25) is 0 Å². The van der Waals surface area contributed by atoms with Crippen LogP contribution < -0.4 is 4.74 Å². The van der Waals surface area contributed by atoms with Crippen molar-refractivity contribution in [2.45, 2.75) is 51.5 Å². The predicted octanol–water partition coefficient (Wildman–Crippen LogP) is 5.22. The Kier molecular flexibility index (Phi) is 7.35. The van der Waals surface area contributed by atoms with Crippen LogP contribution in [0.4, 0.5) is 0 Å². The van der Waals surface area contributed by atoms with Gasteiger partial charge in [-0.05, 0) is 75.6 Å². The SMILES string of the molecule is CCCS(=O)(=O)c1ccc(C)c(-c2cc(Cl)ccc2OCC(=O)OC(C)(C)C)c1. The summed E-state index contributed by atoms with van der Waals surface area (Å²) in [5.41, 5.74) is 1.56. The van der Waals surface area contributed by atoms with Crippen molar-refractivity contribution >= 4 is 27.4 Å². The Morgan fingerprint density at radius 2 is 1.76 bits per heavy atom. The summed E-state index contributed by atoms with van der Waals surface area (Å²) in [6.07, 6.45) is 0.535. The van der Waals surface area contributed by atoms with Crippen molar-refractivity contribution in [1.29, 1.82) is 0 Å². The highest BCUT2D eigenvalue weighted by molar-refractivity contribution is 7.91. The molecule has 2 rings (SSSR count). The molecule has 0 N–H and O–H groups in total. The van der Waals surface area contributed by atoms with Crippen LogP contribution in [0.3, 0.4) is 0 Å². The molecule has 158 valence electrons. The second kappa shape index (κ2) is 9.18. The summed E-state index contributed by atoms with van der Waals surface area (Å²) in [6, 6.07) is 10.0. The molecule has 0 heterocycles. The van der Waals surface area contributed by atoms with E-state index in [1.54, 1.807) is 57.2 Å². The summed E-state index contributed by atoms with van der Waals surface area (Å²) in [5, 5.41) is 0.478. The molecule has 0 radical (unpaired) electrons. The molecule has 2 aromatic rings. The van der Waals surface area contributed by atoms with Gasteiger partial charge in [0.1, 0.15) is 11.4 Å². The maximum Gasteiger partial charge on any atom is 0.344 e. The fraction of sp³-hybridized carbons (Fsp3) is 0.409. The first-order chi connectivity index (χ1) is 13.4. The molecule has 0 aliphatic rings. The number of carbonyl (C=O) groups excluding carboxylic acids is 1. The number of carbonyl (C=O) groups is 1. The molecule has 0 amide bonds. The molecule has 7 heteroatoms. The Labute approximate surface area is 177 Å². The van der Waals surface area contributed by atoms with Gasteiger partial charge in [0.05, 0.1) is 10.6 Å². The van der Waals surface area contributed by atoms with E-state index in [2.05, 4.69) is 0 Å². The molecule has 0 fully saturated rings. The number of ether oxygens (including phenoxy) is 2. The number of halogens is 1. The second-order valence-electron chi connectivity index (χ2n) is 7.81. The van der Waals surface area contributed by atoms with Gasteiger partial charge in [-0.15, -0.1) is 0 Å².